The van der Waals surface area contributed by atoms with E-state index in [1.807, 2.05) is 0 Å². The molecule has 0 radical (unpaired) electrons. The molecule has 0 aromatic rings. The Kier molecular flexibility index (Phi) is 8.87. The molecule has 11 heavy (non-hydrogen) atoms. The predicted octanol–water partition coefficient (Wildman–Crippen LogP) is -0.215. The van der Waals surface area contributed by atoms with Crippen LogP contribution >= 0.6 is 0 Å². The van der Waals surface area contributed by atoms with Crippen molar-refractivity contribution >= 4 is 6.47 Å². The minimum Gasteiger partial charge on any atom is -0.468 e. The zero-order valence-electron chi connectivity index (χ0n) is 6.84. The number of ether oxygens (including phenoxy) is 2. The van der Waals surface area contributed by atoms with E-state index in [1.165, 1.54) is 0 Å². The minimum atomic E-state index is 0.431. The molecule has 0 atom stereocenters. The van der Waals surface area contributed by atoms with Crippen LogP contribution in [-0.4, -0.2) is 39.4 Å². The summed E-state index contributed by atoms with van der Waals surface area (Å²) in [6, 6.07) is 0. The summed E-state index contributed by atoms with van der Waals surface area (Å²) in [6.45, 7) is 6.50. The van der Waals surface area contributed by atoms with Gasteiger partial charge in [-0.1, -0.05) is 0 Å². The number of nitrogens with one attached hydrogen (secondary N) is 1. The lowest BCUT2D eigenvalue weighted by Crippen LogP contribution is -2.30. The molecule has 1 aliphatic rings. The molecule has 0 unspecified atom stereocenters. The quantitative estimate of drug-likeness (QED) is 0.569. The van der Waals surface area contributed by atoms with Crippen molar-refractivity contribution in [1.82, 2.24) is 5.32 Å². The SMILES string of the molecule is C1COCCN1.CCOC=O. The Morgan fingerprint density at radius 2 is 2.18 bits per heavy atom. The van der Waals surface area contributed by atoms with Crippen LogP contribution in [0.15, 0.2) is 0 Å². The molecular formula is C7H15NO3. The van der Waals surface area contributed by atoms with E-state index >= 15 is 0 Å². The Balaban J connectivity index is 0.000000187. The van der Waals surface area contributed by atoms with Gasteiger partial charge in [-0.05, 0) is 6.92 Å². The molecule has 1 saturated heterocycles. The van der Waals surface area contributed by atoms with Crippen molar-refractivity contribution < 1.29 is 14.3 Å². The molecule has 1 heterocycles. The van der Waals surface area contributed by atoms with Crippen LogP contribution in [0.3, 0.4) is 0 Å². The standard InChI is InChI=1S/C4H9NO.C3H6O2/c1-3-6-4-2-5-1;1-2-5-3-4/h5H,1-4H2;3H,2H2,1H3. The van der Waals surface area contributed by atoms with Gasteiger partial charge in [0.2, 0.25) is 0 Å². The van der Waals surface area contributed by atoms with E-state index in [0.717, 1.165) is 26.3 Å². The van der Waals surface area contributed by atoms with Gasteiger partial charge in [-0.25, -0.2) is 0 Å². The van der Waals surface area contributed by atoms with Crippen molar-refractivity contribution in [3.05, 3.63) is 0 Å². The van der Waals surface area contributed by atoms with Crippen molar-refractivity contribution in [3.8, 4) is 0 Å². The molecule has 0 bridgehead atoms. The van der Waals surface area contributed by atoms with Crippen molar-refractivity contribution in [2.24, 2.45) is 0 Å². The Morgan fingerprint density at radius 1 is 1.55 bits per heavy atom. The van der Waals surface area contributed by atoms with Gasteiger partial charge in [0.1, 0.15) is 0 Å². The Morgan fingerprint density at radius 3 is 2.27 bits per heavy atom. The molecule has 1 N–H and O–H groups in total. The lowest BCUT2D eigenvalue weighted by atomic mass is 10.5. The molecular weight excluding hydrogens is 146 g/mol. The molecule has 1 fully saturated rings. The van der Waals surface area contributed by atoms with Gasteiger partial charge in [-0.3, -0.25) is 4.79 Å². The van der Waals surface area contributed by atoms with E-state index in [2.05, 4.69) is 10.1 Å². The molecule has 0 spiro atoms. The van der Waals surface area contributed by atoms with E-state index in [1.54, 1.807) is 6.92 Å². The Bertz CT molecular complexity index is 72.2. The topological polar surface area (TPSA) is 47.6 Å². The van der Waals surface area contributed by atoms with E-state index in [-0.39, 0.29) is 0 Å². The second kappa shape index (κ2) is 9.39. The van der Waals surface area contributed by atoms with Crippen molar-refractivity contribution in [1.29, 1.82) is 0 Å². The van der Waals surface area contributed by atoms with Crippen LogP contribution in [0.4, 0.5) is 0 Å². The van der Waals surface area contributed by atoms with Crippen LogP contribution in [0.5, 0.6) is 0 Å². The molecule has 0 amide bonds. The molecule has 0 aliphatic carbocycles. The van der Waals surface area contributed by atoms with Crippen molar-refractivity contribution in [2.45, 2.75) is 6.92 Å². The van der Waals surface area contributed by atoms with Gasteiger partial charge in [0.05, 0.1) is 19.8 Å². The Hall–Kier alpha value is -0.610. The van der Waals surface area contributed by atoms with Crippen LogP contribution in [0, 0.1) is 0 Å². The van der Waals surface area contributed by atoms with Gasteiger partial charge in [0.15, 0.2) is 0 Å². The summed E-state index contributed by atoms with van der Waals surface area (Å²) in [5.74, 6) is 0. The molecule has 0 saturated carbocycles. The predicted molar refractivity (Wildman–Crippen MR) is 41.4 cm³/mol. The number of hydrogen-bond donors (Lipinski definition) is 1. The number of morpholine rings is 1. The highest BCUT2D eigenvalue weighted by atomic mass is 16.5. The summed E-state index contributed by atoms with van der Waals surface area (Å²) >= 11 is 0. The molecule has 66 valence electrons. The number of hydrogen-bond acceptors (Lipinski definition) is 4. The average molecular weight is 161 g/mol. The third-order valence-electron chi connectivity index (χ3n) is 1.08. The van der Waals surface area contributed by atoms with Crippen LogP contribution < -0.4 is 5.32 Å². The smallest absolute Gasteiger partial charge is 0.293 e. The fraction of sp³-hybridized carbons (Fsp3) is 0.857. The van der Waals surface area contributed by atoms with E-state index in [9.17, 15) is 4.79 Å². The highest BCUT2D eigenvalue weighted by Crippen LogP contribution is 1.76. The summed E-state index contributed by atoms with van der Waals surface area (Å²) in [7, 11) is 0. The first-order valence-corrected chi connectivity index (χ1v) is 3.75. The summed E-state index contributed by atoms with van der Waals surface area (Å²) in [5.41, 5.74) is 0. The fourth-order valence-corrected chi connectivity index (χ4v) is 0.584. The zero-order valence-corrected chi connectivity index (χ0v) is 6.84. The lowest BCUT2D eigenvalue weighted by molar-refractivity contribution is -0.128. The fourth-order valence-electron chi connectivity index (χ4n) is 0.584. The van der Waals surface area contributed by atoms with Gasteiger partial charge in [-0.15, -0.1) is 0 Å². The van der Waals surface area contributed by atoms with E-state index in [4.69, 9.17) is 4.74 Å². The molecule has 0 aromatic heterocycles. The Labute approximate surface area is 66.9 Å². The van der Waals surface area contributed by atoms with Crippen molar-refractivity contribution in [2.75, 3.05) is 32.9 Å². The van der Waals surface area contributed by atoms with Crippen LogP contribution in [0.2, 0.25) is 0 Å². The van der Waals surface area contributed by atoms with E-state index in [0.29, 0.717) is 13.1 Å². The molecule has 1 aliphatic heterocycles. The van der Waals surface area contributed by atoms with Crippen molar-refractivity contribution in [3.63, 3.8) is 0 Å². The average Bonchev–Trinajstić information content (AvgIpc) is 2.10. The summed E-state index contributed by atoms with van der Waals surface area (Å²) in [6.07, 6.45) is 0. The van der Waals surface area contributed by atoms with Crippen LogP contribution in [0.25, 0.3) is 0 Å². The lowest BCUT2D eigenvalue weighted by Gasteiger charge is -2.10. The molecule has 4 heteroatoms. The van der Waals surface area contributed by atoms with Gasteiger partial charge < -0.3 is 14.8 Å². The highest BCUT2D eigenvalue weighted by Gasteiger charge is 1.92. The first-order valence-electron chi connectivity index (χ1n) is 3.75. The highest BCUT2D eigenvalue weighted by molar-refractivity contribution is 5.36. The summed E-state index contributed by atoms with van der Waals surface area (Å²) in [5, 5.41) is 3.16. The number of carbonyl (C=O) groups is 1. The third-order valence-corrected chi connectivity index (χ3v) is 1.08. The number of rotatable bonds is 2. The summed E-state index contributed by atoms with van der Waals surface area (Å²) in [4.78, 5) is 9.18. The zero-order chi connectivity index (χ0) is 8.36. The third kappa shape index (κ3) is 9.39. The van der Waals surface area contributed by atoms with Crippen LogP contribution in [0.1, 0.15) is 6.92 Å². The second-order valence-corrected chi connectivity index (χ2v) is 1.91. The monoisotopic (exact) mass is 161 g/mol. The molecule has 0 aromatic carbocycles. The van der Waals surface area contributed by atoms with E-state index < -0.39 is 0 Å². The first kappa shape index (κ1) is 10.4. The molecule has 4 nitrogen and oxygen atoms in total. The molecule has 1 rings (SSSR count). The van der Waals surface area contributed by atoms with Gasteiger partial charge in [0.25, 0.3) is 6.47 Å². The maximum atomic E-state index is 9.18. The largest absolute Gasteiger partial charge is 0.468 e. The second-order valence-electron chi connectivity index (χ2n) is 1.91. The maximum Gasteiger partial charge on any atom is 0.293 e. The van der Waals surface area contributed by atoms with Gasteiger partial charge >= 0.3 is 0 Å². The summed E-state index contributed by atoms with van der Waals surface area (Å²) < 4.78 is 9.16. The van der Waals surface area contributed by atoms with Gasteiger partial charge in [-0.2, -0.15) is 0 Å². The maximum absolute atomic E-state index is 9.18. The first-order chi connectivity index (χ1) is 5.41. The number of carbonyl (C=O) groups excluding carboxylic acids is 1. The van der Waals surface area contributed by atoms with Crippen LogP contribution in [-0.2, 0) is 14.3 Å². The minimum absolute atomic E-state index is 0.431. The normalized spacial score (nSPS) is 16.1. The van der Waals surface area contributed by atoms with Gasteiger partial charge in [0, 0.05) is 13.1 Å².